The van der Waals surface area contributed by atoms with Gasteiger partial charge >= 0.3 is 5.69 Å². The van der Waals surface area contributed by atoms with E-state index in [9.17, 15) is 23.7 Å². The minimum atomic E-state index is -1.30. The number of nitrogens with one attached hydrogen (secondary N) is 1. The first-order valence-corrected chi connectivity index (χ1v) is 8.16. The molecule has 0 aromatic heterocycles. The molecule has 0 aliphatic heterocycles. The van der Waals surface area contributed by atoms with Crippen molar-refractivity contribution in [3.63, 3.8) is 0 Å². The molecule has 0 fully saturated rings. The SMILES string of the molecule is O=C(Nc1ccc(F)cc1)[C@H](Oc1cc(F)ccc1[N+](=O)[O-])c1ccccc1. The molecule has 0 aliphatic carbocycles. The minimum absolute atomic E-state index is 0.310. The zero-order valence-electron chi connectivity index (χ0n) is 14.3. The molecule has 28 heavy (non-hydrogen) atoms. The summed E-state index contributed by atoms with van der Waals surface area (Å²) in [6.07, 6.45) is -1.30. The number of carbonyl (C=O) groups excluding carboxylic acids is 1. The maximum Gasteiger partial charge on any atom is 0.311 e. The van der Waals surface area contributed by atoms with Crippen LogP contribution in [0.3, 0.4) is 0 Å². The summed E-state index contributed by atoms with van der Waals surface area (Å²) in [7, 11) is 0. The highest BCUT2D eigenvalue weighted by Gasteiger charge is 2.27. The predicted octanol–water partition coefficient (Wildman–Crippen LogP) is 4.63. The zero-order valence-corrected chi connectivity index (χ0v) is 14.3. The summed E-state index contributed by atoms with van der Waals surface area (Å²) in [5, 5.41) is 13.8. The number of carbonyl (C=O) groups is 1. The third kappa shape index (κ3) is 4.47. The van der Waals surface area contributed by atoms with Gasteiger partial charge in [0.05, 0.1) is 4.92 Å². The first-order valence-electron chi connectivity index (χ1n) is 8.16. The molecule has 6 nitrogen and oxygen atoms in total. The number of anilines is 1. The third-order valence-corrected chi connectivity index (χ3v) is 3.82. The Morgan fingerprint density at radius 1 is 0.964 bits per heavy atom. The largest absolute Gasteiger partial charge is 0.468 e. The summed E-state index contributed by atoms with van der Waals surface area (Å²) in [5.41, 5.74) is 0.238. The molecule has 0 spiro atoms. The molecule has 3 aromatic rings. The number of hydrogen-bond acceptors (Lipinski definition) is 4. The molecule has 8 heteroatoms. The monoisotopic (exact) mass is 384 g/mol. The van der Waals surface area contributed by atoms with Crippen molar-refractivity contribution in [2.45, 2.75) is 6.10 Å². The van der Waals surface area contributed by atoms with Crippen molar-refractivity contribution in [2.24, 2.45) is 0 Å². The van der Waals surface area contributed by atoms with Crippen LogP contribution in [-0.2, 0) is 4.79 Å². The van der Waals surface area contributed by atoms with E-state index >= 15 is 0 Å². The molecule has 0 saturated heterocycles. The van der Waals surface area contributed by atoms with E-state index in [4.69, 9.17) is 4.74 Å². The van der Waals surface area contributed by atoms with Crippen LogP contribution >= 0.6 is 0 Å². The average molecular weight is 384 g/mol. The Balaban J connectivity index is 1.94. The highest BCUT2D eigenvalue weighted by atomic mass is 19.1. The standard InChI is InChI=1S/C20H14F2N2O4/c21-14-6-9-16(10-7-14)23-20(25)19(13-4-2-1-3-5-13)28-18-12-15(22)8-11-17(18)24(26)27/h1-12,19H,(H,23,25)/t19-/m1/s1. The second kappa shape index (κ2) is 8.26. The van der Waals surface area contributed by atoms with Crippen LogP contribution in [0.2, 0.25) is 0 Å². The van der Waals surface area contributed by atoms with Crippen LogP contribution in [0.5, 0.6) is 5.75 Å². The molecule has 1 atom stereocenters. The van der Waals surface area contributed by atoms with Crippen molar-refractivity contribution in [3.8, 4) is 5.75 Å². The lowest BCUT2D eigenvalue weighted by Gasteiger charge is -2.19. The van der Waals surface area contributed by atoms with Gasteiger partial charge in [-0.3, -0.25) is 14.9 Å². The maximum absolute atomic E-state index is 13.6. The lowest BCUT2D eigenvalue weighted by atomic mass is 10.1. The van der Waals surface area contributed by atoms with Crippen LogP contribution in [-0.4, -0.2) is 10.8 Å². The van der Waals surface area contributed by atoms with Crippen molar-refractivity contribution in [2.75, 3.05) is 5.32 Å². The number of nitro benzene ring substituents is 1. The van der Waals surface area contributed by atoms with Crippen LogP contribution < -0.4 is 10.1 Å². The number of benzene rings is 3. The van der Waals surface area contributed by atoms with Gasteiger partial charge in [0.15, 0.2) is 0 Å². The number of amides is 1. The Labute approximate surface area is 158 Å². The van der Waals surface area contributed by atoms with E-state index in [-0.39, 0.29) is 5.75 Å². The molecule has 3 rings (SSSR count). The number of nitrogens with zero attached hydrogens (tertiary/aromatic N) is 1. The van der Waals surface area contributed by atoms with Crippen molar-refractivity contribution in [3.05, 3.63) is 100 Å². The highest BCUT2D eigenvalue weighted by molar-refractivity contribution is 5.95. The van der Waals surface area contributed by atoms with Gasteiger partial charge in [0, 0.05) is 23.4 Å². The van der Waals surface area contributed by atoms with E-state index in [2.05, 4.69) is 5.32 Å². The van der Waals surface area contributed by atoms with Gasteiger partial charge in [-0.05, 0) is 30.3 Å². The van der Waals surface area contributed by atoms with Crippen molar-refractivity contribution in [1.29, 1.82) is 0 Å². The maximum atomic E-state index is 13.6. The van der Waals surface area contributed by atoms with Crippen molar-refractivity contribution in [1.82, 2.24) is 0 Å². The zero-order chi connectivity index (χ0) is 20.1. The van der Waals surface area contributed by atoms with E-state index in [0.717, 1.165) is 18.2 Å². The van der Waals surface area contributed by atoms with Gasteiger partial charge in [0.2, 0.25) is 11.9 Å². The van der Waals surface area contributed by atoms with Crippen LogP contribution in [0, 0.1) is 21.7 Å². The summed E-state index contributed by atoms with van der Waals surface area (Å²) < 4.78 is 32.2. The van der Waals surface area contributed by atoms with Crippen LogP contribution in [0.4, 0.5) is 20.2 Å². The summed E-state index contributed by atoms with van der Waals surface area (Å²) in [6, 6.07) is 16.1. The van der Waals surface area contributed by atoms with E-state index in [1.54, 1.807) is 30.3 Å². The first kappa shape index (κ1) is 19.0. The summed E-state index contributed by atoms with van der Waals surface area (Å²) >= 11 is 0. The van der Waals surface area contributed by atoms with Gasteiger partial charge in [-0.2, -0.15) is 0 Å². The molecule has 142 valence electrons. The van der Waals surface area contributed by atoms with E-state index in [0.29, 0.717) is 11.3 Å². The smallest absolute Gasteiger partial charge is 0.311 e. The molecule has 0 saturated carbocycles. The fourth-order valence-electron chi connectivity index (χ4n) is 2.50. The topological polar surface area (TPSA) is 81.5 Å². The first-order chi connectivity index (χ1) is 13.4. The van der Waals surface area contributed by atoms with Gasteiger partial charge in [-0.25, -0.2) is 8.78 Å². The van der Waals surface area contributed by atoms with Crippen LogP contribution in [0.1, 0.15) is 11.7 Å². The molecular weight excluding hydrogens is 370 g/mol. The molecule has 1 amide bonds. The fourth-order valence-corrected chi connectivity index (χ4v) is 2.50. The lowest BCUT2D eigenvalue weighted by molar-refractivity contribution is -0.386. The number of halogens is 2. The molecule has 0 heterocycles. The molecule has 0 bridgehead atoms. The Kier molecular flexibility index (Phi) is 5.59. The Morgan fingerprint density at radius 3 is 2.25 bits per heavy atom. The van der Waals surface area contributed by atoms with Gasteiger partial charge in [-0.15, -0.1) is 0 Å². The van der Waals surface area contributed by atoms with Gasteiger partial charge in [-0.1, -0.05) is 30.3 Å². The lowest BCUT2D eigenvalue weighted by Crippen LogP contribution is -2.26. The number of nitro groups is 1. The number of hydrogen-bond donors (Lipinski definition) is 1. The van der Waals surface area contributed by atoms with Crippen molar-refractivity contribution < 1.29 is 23.2 Å². The molecule has 3 aromatic carbocycles. The van der Waals surface area contributed by atoms with Gasteiger partial charge < -0.3 is 10.1 Å². The average Bonchev–Trinajstić information content (AvgIpc) is 2.68. The molecular formula is C20H14F2N2O4. The second-order valence-electron chi connectivity index (χ2n) is 5.77. The number of ether oxygens (including phenoxy) is 1. The summed E-state index contributed by atoms with van der Waals surface area (Å²) in [6.45, 7) is 0. The summed E-state index contributed by atoms with van der Waals surface area (Å²) in [4.78, 5) is 23.3. The normalized spacial score (nSPS) is 11.5. The molecule has 0 radical (unpaired) electrons. The number of rotatable bonds is 6. The minimum Gasteiger partial charge on any atom is -0.468 e. The second-order valence-corrected chi connectivity index (χ2v) is 5.77. The van der Waals surface area contributed by atoms with Crippen LogP contribution in [0.15, 0.2) is 72.8 Å². The van der Waals surface area contributed by atoms with Crippen LogP contribution in [0.25, 0.3) is 0 Å². The van der Waals surface area contributed by atoms with Crippen molar-refractivity contribution >= 4 is 17.3 Å². The van der Waals surface area contributed by atoms with E-state index < -0.39 is 34.3 Å². The quantitative estimate of drug-likeness (QED) is 0.496. The van der Waals surface area contributed by atoms with Gasteiger partial charge in [0.25, 0.3) is 5.91 Å². The predicted molar refractivity (Wildman–Crippen MR) is 97.9 cm³/mol. The molecule has 0 aliphatic rings. The third-order valence-electron chi connectivity index (χ3n) is 3.82. The summed E-state index contributed by atoms with van der Waals surface area (Å²) in [5.74, 6) is -2.25. The Hall–Kier alpha value is -3.81. The molecule has 1 N–H and O–H groups in total. The van der Waals surface area contributed by atoms with E-state index in [1.165, 1.54) is 24.3 Å². The van der Waals surface area contributed by atoms with E-state index in [1.807, 2.05) is 0 Å². The van der Waals surface area contributed by atoms with Gasteiger partial charge in [0.1, 0.15) is 11.6 Å². The fraction of sp³-hybridized carbons (Fsp3) is 0.0500. The molecule has 0 unspecified atom stereocenters. The highest BCUT2D eigenvalue weighted by Crippen LogP contribution is 2.32. The Bertz CT molecular complexity index is 995. The Morgan fingerprint density at radius 2 is 1.61 bits per heavy atom.